The fourth-order valence-electron chi connectivity index (χ4n) is 5.41. The lowest BCUT2D eigenvalue weighted by Crippen LogP contribution is -2.34. The molecular formula is C28H31N7O. The monoisotopic (exact) mass is 481 g/mol. The number of nitriles is 1. The van der Waals surface area contributed by atoms with Crippen molar-refractivity contribution in [3.8, 4) is 28.6 Å². The Morgan fingerprint density at radius 3 is 2.56 bits per heavy atom. The van der Waals surface area contributed by atoms with Crippen LogP contribution in [0.5, 0.6) is 0 Å². The van der Waals surface area contributed by atoms with Crippen molar-refractivity contribution >= 4 is 0 Å². The van der Waals surface area contributed by atoms with E-state index in [0.717, 1.165) is 65.6 Å². The highest BCUT2D eigenvalue weighted by Gasteiger charge is 2.31. The van der Waals surface area contributed by atoms with E-state index in [-0.39, 0.29) is 17.6 Å². The Labute approximate surface area is 210 Å². The molecule has 1 N–H and O–H groups in total. The molecular weight excluding hydrogens is 450 g/mol. The summed E-state index contributed by atoms with van der Waals surface area (Å²) in [7, 11) is 0. The summed E-state index contributed by atoms with van der Waals surface area (Å²) in [5, 5.41) is 23.9. The van der Waals surface area contributed by atoms with E-state index in [0.29, 0.717) is 18.7 Å². The maximum absolute atomic E-state index is 13.7. The van der Waals surface area contributed by atoms with Crippen molar-refractivity contribution in [1.82, 2.24) is 30.0 Å². The SMILES string of the molecule is CCCCc1c(Cc2ccc(-c3ccccc3-c3nn[nH]n3)cc2)c(=O)n2n1C(CC#N)CCC2C. The van der Waals surface area contributed by atoms with E-state index in [1.807, 2.05) is 22.9 Å². The van der Waals surface area contributed by atoms with Crippen molar-refractivity contribution in [3.05, 3.63) is 75.7 Å². The number of rotatable bonds is 8. The lowest BCUT2D eigenvalue weighted by Gasteiger charge is -2.31. The minimum absolute atomic E-state index is 0.0727. The molecule has 0 amide bonds. The third-order valence-electron chi connectivity index (χ3n) is 7.26. The van der Waals surface area contributed by atoms with E-state index >= 15 is 0 Å². The molecule has 4 aromatic rings. The smallest absolute Gasteiger partial charge is 0.270 e. The zero-order valence-electron chi connectivity index (χ0n) is 20.8. The van der Waals surface area contributed by atoms with Crippen molar-refractivity contribution in [2.45, 2.75) is 70.9 Å². The first-order valence-electron chi connectivity index (χ1n) is 12.8. The number of benzene rings is 2. The summed E-state index contributed by atoms with van der Waals surface area (Å²) in [5.74, 6) is 0.559. The second-order valence-electron chi connectivity index (χ2n) is 9.62. The number of H-pyrrole nitrogens is 1. The van der Waals surface area contributed by atoms with Crippen molar-refractivity contribution < 1.29 is 0 Å². The third kappa shape index (κ3) is 4.37. The molecule has 2 aromatic heterocycles. The molecule has 2 unspecified atom stereocenters. The summed E-state index contributed by atoms with van der Waals surface area (Å²) in [5.41, 5.74) is 6.18. The van der Waals surface area contributed by atoms with Gasteiger partial charge in [-0.1, -0.05) is 61.9 Å². The van der Waals surface area contributed by atoms with E-state index in [9.17, 15) is 10.1 Å². The van der Waals surface area contributed by atoms with Gasteiger partial charge < -0.3 is 0 Å². The standard InChI is InChI=1S/C28H31N7O/c1-3-4-9-26-25(28(36)34-19(2)10-15-22(16-17-29)35(26)34)18-20-11-13-21(14-12-20)23-7-5-6-8-24(23)27-30-32-33-31-27/h5-8,11-14,19,22H,3-4,9-10,15-16,18H2,1-2H3,(H,30,31,32,33). The van der Waals surface area contributed by atoms with E-state index in [1.165, 1.54) is 0 Å². The summed E-state index contributed by atoms with van der Waals surface area (Å²) in [6.07, 6.45) is 5.84. The molecule has 3 heterocycles. The summed E-state index contributed by atoms with van der Waals surface area (Å²) in [6, 6.07) is 18.9. The van der Waals surface area contributed by atoms with Gasteiger partial charge in [-0.25, -0.2) is 4.68 Å². The second kappa shape index (κ2) is 10.3. The Bertz CT molecular complexity index is 1420. The molecule has 5 rings (SSSR count). The highest BCUT2D eigenvalue weighted by atomic mass is 16.1. The maximum atomic E-state index is 13.7. The first-order valence-corrected chi connectivity index (χ1v) is 12.8. The quantitative estimate of drug-likeness (QED) is 0.370. The minimum Gasteiger partial charge on any atom is -0.282 e. The van der Waals surface area contributed by atoms with Gasteiger partial charge in [0.1, 0.15) is 0 Å². The van der Waals surface area contributed by atoms with Gasteiger partial charge in [-0.3, -0.25) is 9.48 Å². The summed E-state index contributed by atoms with van der Waals surface area (Å²) in [4.78, 5) is 13.7. The Morgan fingerprint density at radius 2 is 1.86 bits per heavy atom. The van der Waals surface area contributed by atoms with E-state index < -0.39 is 0 Å². The molecule has 0 spiro atoms. The van der Waals surface area contributed by atoms with Crippen LogP contribution in [0.2, 0.25) is 0 Å². The lowest BCUT2D eigenvalue weighted by atomic mass is 9.96. The first kappa shape index (κ1) is 23.7. The average molecular weight is 482 g/mol. The summed E-state index contributed by atoms with van der Waals surface area (Å²) >= 11 is 0. The molecule has 1 aliphatic heterocycles. The zero-order chi connectivity index (χ0) is 25.1. The fraction of sp³-hybridized carbons (Fsp3) is 0.393. The van der Waals surface area contributed by atoms with Gasteiger partial charge in [-0.15, -0.1) is 10.2 Å². The molecule has 0 saturated heterocycles. The largest absolute Gasteiger partial charge is 0.282 e. The van der Waals surface area contributed by atoms with Crippen molar-refractivity contribution in [1.29, 1.82) is 5.26 Å². The molecule has 184 valence electrons. The van der Waals surface area contributed by atoms with Gasteiger partial charge in [0, 0.05) is 23.2 Å². The van der Waals surface area contributed by atoms with Crippen LogP contribution in [0.4, 0.5) is 0 Å². The van der Waals surface area contributed by atoms with E-state index in [1.54, 1.807) is 0 Å². The number of unbranched alkanes of at least 4 members (excludes halogenated alkanes) is 1. The van der Waals surface area contributed by atoms with Gasteiger partial charge in [-0.2, -0.15) is 10.5 Å². The van der Waals surface area contributed by atoms with Crippen LogP contribution in [0.25, 0.3) is 22.5 Å². The number of fused-ring (bicyclic) bond motifs is 1. The van der Waals surface area contributed by atoms with E-state index in [2.05, 4.69) is 75.6 Å². The average Bonchev–Trinajstić information content (AvgIpc) is 3.53. The fourth-order valence-corrected chi connectivity index (χ4v) is 5.41. The van der Waals surface area contributed by atoms with Crippen LogP contribution < -0.4 is 5.56 Å². The van der Waals surface area contributed by atoms with Crippen LogP contribution in [0.15, 0.2) is 53.3 Å². The van der Waals surface area contributed by atoms with Gasteiger partial charge in [0.05, 0.1) is 24.6 Å². The van der Waals surface area contributed by atoms with Crippen LogP contribution in [0.3, 0.4) is 0 Å². The highest BCUT2D eigenvalue weighted by Crippen LogP contribution is 2.33. The normalized spacial score (nSPS) is 17.0. The van der Waals surface area contributed by atoms with Crippen molar-refractivity contribution in [2.24, 2.45) is 0 Å². The maximum Gasteiger partial charge on any atom is 0.270 e. The Hall–Kier alpha value is -3.99. The molecule has 0 fully saturated rings. The number of hydrogen-bond acceptors (Lipinski definition) is 5. The zero-order valence-corrected chi connectivity index (χ0v) is 20.8. The summed E-state index contributed by atoms with van der Waals surface area (Å²) in [6.45, 7) is 4.29. The van der Waals surface area contributed by atoms with Crippen LogP contribution in [-0.2, 0) is 12.8 Å². The molecule has 0 saturated carbocycles. The number of nitrogens with zero attached hydrogens (tertiary/aromatic N) is 6. The van der Waals surface area contributed by atoms with Crippen molar-refractivity contribution in [2.75, 3.05) is 0 Å². The molecule has 2 aromatic carbocycles. The Kier molecular flexibility index (Phi) is 6.81. The van der Waals surface area contributed by atoms with Crippen LogP contribution >= 0.6 is 0 Å². The van der Waals surface area contributed by atoms with Crippen LogP contribution in [-0.4, -0.2) is 30.0 Å². The molecule has 1 aliphatic rings. The summed E-state index contributed by atoms with van der Waals surface area (Å²) < 4.78 is 4.11. The molecule has 36 heavy (non-hydrogen) atoms. The predicted octanol–water partition coefficient (Wildman–Crippen LogP) is 5.24. The van der Waals surface area contributed by atoms with Gasteiger partial charge in [0.2, 0.25) is 5.82 Å². The van der Waals surface area contributed by atoms with Gasteiger partial charge in [0.15, 0.2) is 0 Å². The number of nitrogens with one attached hydrogen (secondary N) is 1. The topological polar surface area (TPSA) is 105 Å². The highest BCUT2D eigenvalue weighted by molar-refractivity contribution is 5.80. The third-order valence-corrected chi connectivity index (χ3v) is 7.26. The number of tetrazole rings is 1. The lowest BCUT2D eigenvalue weighted by molar-refractivity contribution is 0.229. The molecule has 8 heteroatoms. The van der Waals surface area contributed by atoms with Gasteiger partial charge in [-0.05, 0) is 54.5 Å². The van der Waals surface area contributed by atoms with Crippen molar-refractivity contribution in [3.63, 3.8) is 0 Å². The Morgan fingerprint density at radius 1 is 1.08 bits per heavy atom. The first-order chi connectivity index (χ1) is 17.6. The number of hydrogen-bond donors (Lipinski definition) is 1. The van der Waals surface area contributed by atoms with Crippen LogP contribution in [0.1, 0.15) is 74.9 Å². The van der Waals surface area contributed by atoms with Gasteiger partial charge >= 0.3 is 0 Å². The van der Waals surface area contributed by atoms with E-state index in [4.69, 9.17) is 0 Å². The molecule has 0 bridgehead atoms. The molecule has 0 aliphatic carbocycles. The predicted molar refractivity (Wildman–Crippen MR) is 138 cm³/mol. The number of aromatic nitrogens is 6. The Balaban J connectivity index is 1.50. The van der Waals surface area contributed by atoms with Gasteiger partial charge in [0.25, 0.3) is 5.56 Å². The number of aromatic amines is 1. The minimum atomic E-state index is 0.0727. The van der Waals surface area contributed by atoms with Crippen LogP contribution in [0, 0.1) is 11.3 Å². The molecule has 8 nitrogen and oxygen atoms in total. The molecule has 2 atom stereocenters. The molecule has 0 radical (unpaired) electrons. The second-order valence-corrected chi connectivity index (χ2v) is 9.62.